The Morgan fingerprint density at radius 3 is 2.56 bits per heavy atom. The zero-order valence-electron chi connectivity index (χ0n) is 9.57. The Morgan fingerprint density at radius 2 is 2.00 bits per heavy atom. The third-order valence-corrected chi connectivity index (χ3v) is 2.57. The van der Waals surface area contributed by atoms with E-state index in [1.54, 1.807) is 7.05 Å². The number of benzene rings is 1. The Kier molecular flexibility index (Phi) is 5.15. The highest BCUT2D eigenvalue weighted by Crippen LogP contribution is 2.33. The molecule has 0 bridgehead atoms. The van der Waals surface area contributed by atoms with Crippen molar-refractivity contribution in [2.24, 2.45) is 0 Å². The van der Waals surface area contributed by atoms with Gasteiger partial charge in [-0.05, 0) is 25.2 Å². The number of halogens is 4. The summed E-state index contributed by atoms with van der Waals surface area (Å²) < 4.78 is 37.9. The van der Waals surface area contributed by atoms with Gasteiger partial charge in [0.15, 0.2) is 0 Å². The first kappa shape index (κ1) is 15.0. The van der Waals surface area contributed by atoms with Crippen LogP contribution in [-0.4, -0.2) is 19.5 Å². The Morgan fingerprint density at radius 1 is 1.33 bits per heavy atom. The van der Waals surface area contributed by atoms with Gasteiger partial charge in [-0.3, -0.25) is 4.79 Å². The van der Waals surface area contributed by atoms with Crippen molar-refractivity contribution in [1.82, 2.24) is 5.32 Å². The number of rotatable bonds is 4. The average molecular weight is 325 g/mol. The Bertz CT molecular complexity index is 435. The lowest BCUT2D eigenvalue weighted by Crippen LogP contribution is -2.19. The maximum atomic E-state index is 12.5. The van der Waals surface area contributed by atoms with Gasteiger partial charge in [0.2, 0.25) is 5.91 Å². The minimum absolute atomic E-state index is 0.123. The van der Waals surface area contributed by atoms with Crippen LogP contribution in [0.5, 0.6) is 0 Å². The SMILES string of the molecule is CNCCC(=O)Nc1cc(Br)cc(C(F)(F)F)c1. The predicted molar refractivity (Wildman–Crippen MR) is 66.3 cm³/mol. The molecule has 100 valence electrons. The van der Waals surface area contributed by atoms with E-state index in [9.17, 15) is 18.0 Å². The molecule has 0 fully saturated rings. The Hall–Kier alpha value is -1.08. The molecule has 0 heterocycles. The molecule has 18 heavy (non-hydrogen) atoms. The van der Waals surface area contributed by atoms with Crippen molar-refractivity contribution in [3.63, 3.8) is 0 Å². The van der Waals surface area contributed by atoms with Gasteiger partial charge in [0.25, 0.3) is 0 Å². The maximum absolute atomic E-state index is 12.5. The van der Waals surface area contributed by atoms with Gasteiger partial charge in [0.1, 0.15) is 0 Å². The number of carbonyl (C=O) groups excluding carboxylic acids is 1. The average Bonchev–Trinajstić information content (AvgIpc) is 2.24. The number of carbonyl (C=O) groups is 1. The van der Waals surface area contributed by atoms with Crippen LogP contribution >= 0.6 is 15.9 Å². The fourth-order valence-corrected chi connectivity index (χ4v) is 1.78. The van der Waals surface area contributed by atoms with Gasteiger partial charge in [0, 0.05) is 23.1 Å². The smallest absolute Gasteiger partial charge is 0.326 e. The zero-order chi connectivity index (χ0) is 13.8. The highest BCUT2D eigenvalue weighted by atomic mass is 79.9. The number of hydrogen-bond donors (Lipinski definition) is 2. The van der Waals surface area contributed by atoms with Crippen molar-refractivity contribution in [3.8, 4) is 0 Å². The molecule has 1 rings (SSSR count). The van der Waals surface area contributed by atoms with Crippen molar-refractivity contribution in [2.45, 2.75) is 12.6 Å². The highest BCUT2D eigenvalue weighted by molar-refractivity contribution is 9.10. The first-order valence-corrected chi connectivity index (χ1v) is 5.94. The molecular formula is C11H12BrF3N2O. The molecule has 0 radical (unpaired) electrons. The van der Waals surface area contributed by atoms with E-state index in [1.165, 1.54) is 6.07 Å². The van der Waals surface area contributed by atoms with Crippen LogP contribution in [0.15, 0.2) is 22.7 Å². The molecule has 0 spiro atoms. The van der Waals surface area contributed by atoms with Gasteiger partial charge in [0.05, 0.1) is 5.56 Å². The maximum Gasteiger partial charge on any atom is 0.416 e. The van der Waals surface area contributed by atoms with Crippen molar-refractivity contribution < 1.29 is 18.0 Å². The molecule has 0 aliphatic heterocycles. The second-order valence-electron chi connectivity index (χ2n) is 3.63. The molecule has 2 N–H and O–H groups in total. The summed E-state index contributed by atoms with van der Waals surface area (Å²) in [5, 5.41) is 5.20. The molecule has 0 aliphatic carbocycles. The lowest BCUT2D eigenvalue weighted by molar-refractivity contribution is -0.137. The molecule has 0 saturated carbocycles. The first-order valence-electron chi connectivity index (χ1n) is 5.15. The van der Waals surface area contributed by atoms with Gasteiger partial charge in [-0.15, -0.1) is 0 Å². The summed E-state index contributed by atoms with van der Waals surface area (Å²) in [6, 6.07) is 3.29. The molecule has 1 aromatic rings. The molecule has 0 aromatic heterocycles. The van der Waals surface area contributed by atoms with E-state index in [4.69, 9.17) is 0 Å². The molecule has 1 amide bonds. The van der Waals surface area contributed by atoms with Gasteiger partial charge in [-0.1, -0.05) is 15.9 Å². The minimum Gasteiger partial charge on any atom is -0.326 e. The zero-order valence-corrected chi connectivity index (χ0v) is 11.2. The van der Waals surface area contributed by atoms with Crippen LogP contribution in [0.2, 0.25) is 0 Å². The number of hydrogen-bond acceptors (Lipinski definition) is 2. The van der Waals surface area contributed by atoms with Crippen LogP contribution in [0.1, 0.15) is 12.0 Å². The molecule has 3 nitrogen and oxygen atoms in total. The molecule has 7 heteroatoms. The summed E-state index contributed by atoms with van der Waals surface area (Å²) in [6.45, 7) is 0.464. The molecule has 0 saturated heterocycles. The van der Waals surface area contributed by atoms with E-state index < -0.39 is 11.7 Å². The van der Waals surface area contributed by atoms with Crippen molar-refractivity contribution in [2.75, 3.05) is 18.9 Å². The molecule has 0 atom stereocenters. The normalized spacial score (nSPS) is 11.4. The number of nitrogens with one attached hydrogen (secondary N) is 2. The van der Waals surface area contributed by atoms with E-state index in [0.717, 1.165) is 12.1 Å². The summed E-state index contributed by atoms with van der Waals surface area (Å²) in [5.74, 6) is -0.337. The van der Waals surface area contributed by atoms with E-state index in [1.807, 2.05) is 0 Å². The quantitative estimate of drug-likeness (QED) is 0.893. The Labute approximate surface area is 111 Å². The van der Waals surface area contributed by atoms with E-state index >= 15 is 0 Å². The fraction of sp³-hybridized carbons (Fsp3) is 0.364. The van der Waals surface area contributed by atoms with E-state index in [0.29, 0.717) is 6.54 Å². The minimum atomic E-state index is -4.44. The van der Waals surface area contributed by atoms with Crippen molar-refractivity contribution in [3.05, 3.63) is 28.2 Å². The van der Waals surface area contributed by atoms with Crippen molar-refractivity contribution >= 4 is 27.5 Å². The summed E-state index contributed by atoms with van der Waals surface area (Å²) in [6.07, 6.45) is -4.24. The van der Waals surface area contributed by atoms with Crippen molar-refractivity contribution in [1.29, 1.82) is 0 Å². The van der Waals surface area contributed by atoms with Crippen LogP contribution in [0.25, 0.3) is 0 Å². The predicted octanol–water partition coefficient (Wildman–Crippen LogP) is 3.02. The summed E-state index contributed by atoms with van der Waals surface area (Å²) in [7, 11) is 1.69. The monoisotopic (exact) mass is 324 g/mol. The molecule has 0 unspecified atom stereocenters. The van der Waals surface area contributed by atoms with Gasteiger partial charge >= 0.3 is 6.18 Å². The van der Waals surface area contributed by atoms with E-state index in [2.05, 4.69) is 26.6 Å². The third-order valence-electron chi connectivity index (χ3n) is 2.11. The lowest BCUT2D eigenvalue weighted by Gasteiger charge is -2.11. The second kappa shape index (κ2) is 6.19. The topological polar surface area (TPSA) is 41.1 Å². The molecular weight excluding hydrogens is 313 g/mol. The summed E-state index contributed by atoms with van der Waals surface area (Å²) >= 11 is 2.98. The standard InChI is InChI=1S/C11H12BrF3N2O/c1-16-3-2-10(18)17-9-5-7(11(13,14)15)4-8(12)6-9/h4-6,16H,2-3H2,1H3,(H,17,18). The van der Waals surface area contributed by atoms with E-state index in [-0.39, 0.29) is 22.5 Å². The Balaban J connectivity index is 2.84. The first-order chi connectivity index (χ1) is 8.32. The number of alkyl halides is 3. The van der Waals surface area contributed by atoms with Crippen LogP contribution < -0.4 is 10.6 Å². The third kappa shape index (κ3) is 4.66. The largest absolute Gasteiger partial charge is 0.416 e. The van der Waals surface area contributed by atoms with Gasteiger partial charge in [-0.2, -0.15) is 13.2 Å². The fourth-order valence-electron chi connectivity index (χ4n) is 1.29. The molecule has 0 aliphatic rings. The van der Waals surface area contributed by atoms with Crippen LogP contribution in [0.3, 0.4) is 0 Å². The summed E-state index contributed by atoms with van der Waals surface area (Å²) in [4.78, 5) is 11.4. The number of anilines is 1. The molecule has 1 aromatic carbocycles. The lowest BCUT2D eigenvalue weighted by atomic mass is 10.2. The van der Waals surface area contributed by atoms with Gasteiger partial charge in [-0.25, -0.2) is 0 Å². The highest BCUT2D eigenvalue weighted by Gasteiger charge is 2.31. The summed E-state index contributed by atoms with van der Waals surface area (Å²) in [5.41, 5.74) is -0.682. The van der Waals surface area contributed by atoms with Crippen LogP contribution in [0.4, 0.5) is 18.9 Å². The van der Waals surface area contributed by atoms with Crippen LogP contribution in [0, 0.1) is 0 Å². The van der Waals surface area contributed by atoms with Crippen LogP contribution in [-0.2, 0) is 11.0 Å². The second-order valence-corrected chi connectivity index (χ2v) is 4.54. The number of amides is 1. The van der Waals surface area contributed by atoms with Gasteiger partial charge < -0.3 is 10.6 Å².